The largest absolute Gasteiger partial charge is 0.497 e. The number of anilines is 1. The Bertz CT molecular complexity index is 1500. The molecule has 1 heterocycles. The van der Waals surface area contributed by atoms with Crippen LogP contribution in [0.2, 0.25) is 0 Å². The lowest BCUT2D eigenvalue weighted by Gasteiger charge is -2.23. The summed E-state index contributed by atoms with van der Waals surface area (Å²) in [6, 6.07) is 20.5. The first-order valence-electron chi connectivity index (χ1n) is 13.2. The molecule has 3 aliphatic rings. The number of rotatable bonds is 7. The third-order valence-corrected chi connectivity index (χ3v) is 8.29. The van der Waals surface area contributed by atoms with Crippen LogP contribution in [-0.2, 0) is 9.59 Å². The number of allylic oxidation sites excluding steroid dienone is 3. The van der Waals surface area contributed by atoms with Crippen LogP contribution in [0.1, 0.15) is 28.4 Å². The zero-order valence-corrected chi connectivity index (χ0v) is 22.7. The van der Waals surface area contributed by atoms with Crippen LogP contribution < -0.4 is 19.1 Å². The predicted molar refractivity (Wildman–Crippen MR) is 151 cm³/mol. The third-order valence-electron chi connectivity index (χ3n) is 8.29. The Hall–Kier alpha value is -4.65. The minimum Gasteiger partial charge on any atom is -0.497 e. The van der Waals surface area contributed by atoms with Crippen molar-refractivity contribution in [3.8, 4) is 17.2 Å². The number of hydrogen-bond acceptors (Lipinski definition) is 6. The molecule has 0 aromatic heterocycles. The van der Waals surface area contributed by atoms with Gasteiger partial charge in [0, 0.05) is 17.4 Å². The quantitative estimate of drug-likeness (QED) is 0.231. The summed E-state index contributed by atoms with van der Waals surface area (Å²) in [5.74, 6) is -0.373. The number of amides is 2. The molecule has 2 bridgehead atoms. The number of carbonyl (C=O) groups excluding carboxylic acids is 3. The molecule has 0 spiro atoms. The average Bonchev–Trinajstić information content (AvgIpc) is 3.62. The predicted octanol–water partition coefficient (Wildman–Crippen LogP) is 5.34. The van der Waals surface area contributed by atoms with Crippen molar-refractivity contribution in [2.24, 2.45) is 23.7 Å². The van der Waals surface area contributed by atoms with E-state index >= 15 is 0 Å². The molecule has 3 aromatic rings. The monoisotopic (exact) mass is 535 g/mol. The molecule has 4 atom stereocenters. The maximum absolute atomic E-state index is 14.0. The molecule has 1 saturated heterocycles. The normalized spacial score (nSPS) is 22.5. The van der Waals surface area contributed by atoms with Crippen molar-refractivity contribution in [2.45, 2.75) is 6.92 Å². The minimum absolute atomic E-state index is 0.154. The Morgan fingerprint density at radius 3 is 1.57 bits per heavy atom. The van der Waals surface area contributed by atoms with Crippen molar-refractivity contribution in [3.05, 3.63) is 101 Å². The molecule has 2 aliphatic carbocycles. The molecule has 0 radical (unpaired) electrons. The number of ketones is 1. The first-order chi connectivity index (χ1) is 19.4. The van der Waals surface area contributed by atoms with E-state index < -0.39 is 11.8 Å². The molecule has 7 nitrogen and oxygen atoms in total. The molecule has 6 rings (SSSR count). The van der Waals surface area contributed by atoms with Crippen LogP contribution in [0.4, 0.5) is 5.69 Å². The van der Waals surface area contributed by atoms with Crippen molar-refractivity contribution in [1.29, 1.82) is 0 Å². The van der Waals surface area contributed by atoms with E-state index in [2.05, 4.69) is 12.2 Å². The van der Waals surface area contributed by atoms with E-state index in [-0.39, 0.29) is 29.4 Å². The fraction of sp³-hybridized carbons (Fsp3) is 0.242. The SMILES string of the molecule is COc1ccc(C(=C2[C@H]3C=C[C@H]2[C@H]2C(=O)N(c4cc(C(C)=O)ccc4OC)C(=O)[C@H]23)c2ccc(OC)cc2)cc1. The second-order valence-corrected chi connectivity index (χ2v) is 10.2. The van der Waals surface area contributed by atoms with E-state index in [0.717, 1.165) is 33.8 Å². The highest BCUT2D eigenvalue weighted by molar-refractivity contribution is 6.24. The van der Waals surface area contributed by atoms with Crippen molar-refractivity contribution >= 4 is 28.9 Å². The number of methoxy groups -OCH3 is 3. The molecule has 40 heavy (non-hydrogen) atoms. The second kappa shape index (κ2) is 9.83. The van der Waals surface area contributed by atoms with E-state index in [1.54, 1.807) is 32.4 Å². The van der Waals surface area contributed by atoms with Crippen molar-refractivity contribution in [1.82, 2.24) is 0 Å². The number of Topliss-reactive ketones (excluding diaryl/α,β-unsaturated/α-hetero) is 1. The van der Waals surface area contributed by atoms with Crippen LogP contribution in [0.15, 0.2) is 84.5 Å². The van der Waals surface area contributed by atoms with E-state index in [1.807, 2.05) is 48.5 Å². The van der Waals surface area contributed by atoms with Crippen LogP contribution in [0.25, 0.3) is 5.57 Å². The Labute approximate surface area is 232 Å². The lowest BCUT2D eigenvalue weighted by atomic mass is 9.85. The lowest BCUT2D eigenvalue weighted by Crippen LogP contribution is -2.33. The maximum atomic E-state index is 14.0. The lowest BCUT2D eigenvalue weighted by molar-refractivity contribution is -0.123. The maximum Gasteiger partial charge on any atom is 0.238 e. The first-order valence-corrected chi connectivity index (χ1v) is 13.2. The number of imide groups is 1. The van der Waals surface area contributed by atoms with Gasteiger partial charge in [-0.3, -0.25) is 14.4 Å². The standard InChI is InChI=1S/C33H29NO6/c1-18(35)21-9-16-27(40-4)26(17-21)34-32(36)30-24-14-15-25(31(30)33(34)37)29(24)28(19-5-10-22(38-2)11-6-19)20-7-12-23(39-3)13-8-20/h5-17,24-25,30-31H,1-4H3/t24-,25-,30-,31+/m1/s1. The van der Waals surface area contributed by atoms with Gasteiger partial charge in [0.2, 0.25) is 11.8 Å². The van der Waals surface area contributed by atoms with Gasteiger partial charge in [0.1, 0.15) is 17.2 Å². The number of ether oxygens (including phenoxy) is 3. The molecule has 7 heteroatoms. The molecule has 0 N–H and O–H groups in total. The summed E-state index contributed by atoms with van der Waals surface area (Å²) < 4.78 is 16.2. The van der Waals surface area contributed by atoms with E-state index in [1.165, 1.54) is 18.9 Å². The summed E-state index contributed by atoms with van der Waals surface area (Å²) >= 11 is 0. The fourth-order valence-electron chi connectivity index (χ4n) is 6.43. The van der Waals surface area contributed by atoms with Crippen LogP contribution in [0.5, 0.6) is 17.2 Å². The van der Waals surface area contributed by atoms with Gasteiger partial charge >= 0.3 is 0 Å². The highest BCUT2D eigenvalue weighted by atomic mass is 16.5. The number of carbonyl (C=O) groups is 3. The van der Waals surface area contributed by atoms with Crippen LogP contribution in [0, 0.1) is 23.7 Å². The molecule has 0 unspecified atom stereocenters. The van der Waals surface area contributed by atoms with Gasteiger partial charge in [-0.15, -0.1) is 0 Å². The molecule has 1 saturated carbocycles. The zero-order valence-electron chi connectivity index (χ0n) is 22.7. The fourth-order valence-corrected chi connectivity index (χ4v) is 6.43. The molecule has 1 aliphatic heterocycles. The molecule has 3 aromatic carbocycles. The van der Waals surface area contributed by atoms with Crippen molar-refractivity contribution in [3.63, 3.8) is 0 Å². The molecule has 2 amide bonds. The number of nitrogens with zero attached hydrogens (tertiary/aromatic N) is 1. The van der Waals surface area contributed by atoms with Gasteiger partial charge in [0.25, 0.3) is 0 Å². The van der Waals surface area contributed by atoms with Gasteiger partial charge in [-0.2, -0.15) is 0 Å². The summed E-state index contributed by atoms with van der Waals surface area (Å²) in [5.41, 5.74) is 4.75. The molecule has 202 valence electrons. The van der Waals surface area contributed by atoms with Crippen LogP contribution in [-0.4, -0.2) is 38.9 Å². The van der Waals surface area contributed by atoms with Gasteiger partial charge in [-0.05, 0) is 71.7 Å². The van der Waals surface area contributed by atoms with Crippen molar-refractivity contribution in [2.75, 3.05) is 26.2 Å². The Morgan fingerprint density at radius 2 is 1.15 bits per heavy atom. The van der Waals surface area contributed by atoms with Gasteiger partial charge in [0.05, 0.1) is 38.9 Å². The van der Waals surface area contributed by atoms with E-state index in [4.69, 9.17) is 14.2 Å². The number of hydrogen-bond donors (Lipinski definition) is 0. The average molecular weight is 536 g/mol. The summed E-state index contributed by atoms with van der Waals surface area (Å²) in [6.45, 7) is 1.45. The minimum atomic E-state index is -0.533. The van der Waals surface area contributed by atoms with Crippen LogP contribution >= 0.6 is 0 Å². The Morgan fingerprint density at radius 1 is 0.675 bits per heavy atom. The van der Waals surface area contributed by atoms with Gasteiger partial charge in [0.15, 0.2) is 5.78 Å². The topological polar surface area (TPSA) is 82.1 Å². The van der Waals surface area contributed by atoms with Gasteiger partial charge in [-0.25, -0.2) is 4.90 Å². The molecule has 2 fully saturated rings. The van der Waals surface area contributed by atoms with Crippen molar-refractivity contribution < 1.29 is 28.6 Å². The summed E-state index contributed by atoms with van der Waals surface area (Å²) in [5, 5.41) is 0. The molecular weight excluding hydrogens is 506 g/mol. The van der Waals surface area contributed by atoms with Crippen LogP contribution in [0.3, 0.4) is 0 Å². The smallest absolute Gasteiger partial charge is 0.238 e. The van der Waals surface area contributed by atoms with Gasteiger partial charge < -0.3 is 14.2 Å². The Kier molecular flexibility index (Phi) is 6.29. The first kappa shape index (κ1) is 25.6. The third kappa shape index (κ3) is 3.84. The second-order valence-electron chi connectivity index (χ2n) is 10.2. The highest BCUT2D eigenvalue weighted by Crippen LogP contribution is 2.59. The summed E-state index contributed by atoms with van der Waals surface area (Å²) in [4.78, 5) is 41.4. The van der Waals surface area contributed by atoms with Gasteiger partial charge in [-0.1, -0.05) is 36.4 Å². The summed E-state index contributed by atoms with van der Waals surface area (Å²) in [7, 11) is 4.74. The zero-order chi connectivity index (χ0) is 28.1. The Balaban J connectivity index is 1.47. The molecular formula is C33H29NO6. The summed E-state index contributed by atoms with van der Waals surface area (Å²) in [6.07, 6.45) is 4.12. The number of fused-ring (bicyclic) bond motifs is 5. The van der Waals surface area contributed by atoms with E-state index in [0.29, 0.717) is 17.0 Å². The van der Waals surface area contributed by atoms with E-state index in [9.17, 15) is 14.4 Å². The number of benzene rings is 3. The highest BCUT2D eigenvalue weighted by Gasteiger charge is 2.62.